The Kier molecular flexibility index (Phi) is 3.60. The lowest BCUT2D eigenvalue weighted by atomic mass is 10.1. The van der Waals surface area contributed by atoms with Crippen LogP contribution in [0.25, 0.3) is 11.3 Å². The van der Waals surface area contributed by atoms with E-state index < -0.39 is 0 Å². The third-order valence-corrected chi connectivity index (χ3v) is 5.38. The number of likely N-dealkylation sites (N-methyl/N-ethyl adjacent to an activating group) is 1. The molecule has 2 saturated heterocycles. The third kappa shape index (κ3) is 2.51. The Labute approximate surface area is 133 Å². The predicted octanol–water partition coefficient (Wildman–Crippen LogP) is 2.47. The number of benzene rings is 1. The van der Waals surface area contributed by atoms with E-state index in [2.05, 4.69) is 16.8 Å². The van der Waals surface area contributed by atoms with E-state index in [9.17, 15) is 4.39 Å². The molecule has 0 amide bonds. The number of halogens is 1. The number of hydrogen-bond acceptors (Lipinski definition) is 5. The van der Waals surface area contributed by atoms with Gasteiger partial charge in [0, 0.05) is 30.6 Å². The molecule has 0 saturated carbocycles. The summed E-state index contributed by atoms with van der Waals surface area (Å²) >= 11 is 1.64. The van der Waals surface area contributed by atoms with Crippen molar-refractivity contribution in [2.45, 2.75) is 12.1 Å². The van der Waals surface area contributed by atoms with E-state index in [-0.39, 0.29) is 11.9 Å². The van der Waals surface area contributed by atoms with Gasteiger partial charge in [0.15, 0.2) is 5.13 Å². The molecule has 2 aliphatic heterocycles. The molecule has 2 atom stereocenters. The maximum absolute atomic E-state index is 13.0. The zero-order chi connectivity index (χ0) is 15.1. The minimum absolute atomic E-state index is 0.219. The van der Waals surface area contributed by atoms with Gasteiger partial charge in [-0.1, -0.05) is 0 Å². The Morgan fingerprint density at radius 3 is 2.86 bits per heavy atom. The lowest BCUT2D eigenvalue weighted by Gasteiger charge is -2.33. The number of nitrogens with zero attached hydrogens (tertiary/aromatic N) is 3. The number of hydrogen-bond donors (Lipinski definition) is 0. The number of rotatable bonds is 2. The molecule has 6 heteroatoms. The summed E-state index contributed by atoms with van der Waals surface area (Å²) in [6, 6.07) is 6.94. The van der Waals surface area contributed by atoms with Gasteiger partial charge in [0.2, 0.25) is 0 Å². The second-order valence-electron chi connectivity index (χ2n) is 5.88. The molecule has 22 heavy (non-hydrogen) atoms. The van der Waals surface area contributed by atoms with Crippen molar-refractivity contribution in [3.8, 4) is 11.3 Å². The van der Waals surface area contributed by atoms with Gasteiger partial charge in [-0.2, -0.15) is 0 Å². The number of thiazole rings is 1. The predicted molar refractivity (Wildman–Crippen MR) is 85.9 cm³/mol. The monoisotopic (exact) mass is 319 g/mol. The maximum Gasteiger partial charge on any atom is 0.186 e. The molecule has 2 unspecified atom stereocenters. The second kappa shape index (κ2) is 5.61. The fourth-order valence-corrected chi connectivity index (χ4v) is 4.03. The molecule has 1 aromatic heterocycles. The molecule has 116 valence electrons. The summed E-state index contributed by atoms with van der Waals surface area (Å²) in [7, 11) is 2.16. The summed E-state index contributed by atoms with van der Waals surface area (Å²) in [5.74, 6) is -0.219. The van der Waals surface area contributed by atoms with Crippen molar-refractivity contribution in [2.24, 2.45) is 0 Å². The van der Waals surface area contributed by atoms with Gasteiger partial charge in [0.05, 0.1) is 24.4 Å². The van der Waals surface area contributed by atoms with Gasteiger partial charge in [-0.25, -0.2) is 9.37 Å². The van der Waals surface area contributed by atoms with Crippen molar-refractivity contribution >= 4 is 16.5 Å². The molecular formula is C16H18FN3OS. The summed E-state index contributed by atoms with van der Waals surface area (Å²) in [6.07, 6.45) is 0.275. The Balaban J connectivity index is 1.53. The van der Waals surface area contributed by atoms with E-state index in [0.717, 1.165) is 42.6 Å². The van der Waals surface area contributed by atoms with Crippen molar-refractivity contribution in [3.63, 3.8) is 0 Å². The van der Waals surface area contributed by atoms with Gasteiger partial charge in [0.1, 0.15) is 5.82 Å². The quantitative estimate of drug-likeness (QED) is 0.850. The third-order valence-electron chi connectivity index (χ3n) is 4.48. The smallest absolute Gasteiger partial charge is 0.186 e. The highest BCUT2D eigenvalue weighted by atomic mass is 32.1. The van der Waals surface area contributed by atoms with Crippen molar-refractivity contribution in [1.29, 1.82) is 0 Å². The van der Waals surface area contributed by atoms with Crippen LogP contribution in [-0.4, -0.2) is 55.3 Å². The molecule has 2 aromatic rings. The number of anilines is 1. The first-order chi connectivity index (χ1) is 10.7. The molecule has 2 fully saturated rings. The van der Waals surface area contributed by atoms with Crippen LogP contribution in [0.1, 0.15) is 0 Å². The van der Waals surface area contributed by atoms with Gasteiger partial charge in [-0.3, -0.25) is 4.90 Å². The van der Waals surface area contributed by atoms with Gasteiger partial charge in [-0.15, -0.1) is 11.3 Å². The van der Waals surface area contributed by atoms with E-state index in [1.165, 1.54) is 12.1 Å². The maximum atomic E-state index is 13.0. The number of morpholine rings is 1. The Morgan fingerprint density at radius 1 is 1.27 bits per heavy atom. The van der Waals surface area contributed by atoms with Crippen LogP contribution in [0, 0.1) is 5.82 Å². The van der Waals surface area contributed by atoms with Gasteiger partial charge in [0.25, 0.3) is 0 Å². The fourth-order valence-electron chi connectivity index (χ4n) is 3.18. The Hall–Kier alpha value is -1.50. The van der Waals surface area contributed by atoms with Gasteiger partial charge >= 0.3 is 0 Å². The molecule has 0 aliphatic carbocycles. The van der Waals surface area contributed by atoms with Crippen LogP contribution in [0.2, 0.25) is 0 Å². The van der Waals surface area contributed by atoms with Crippen LogP contribution < -0.4 is 4.90 Å². The van der Waals surface area contributed by atoms with Crippen molar-refractivity contribution in [1.82, 2.24) is 9.88 Å². The van der Waals surface area contributed by atoms with Crippen molar-refractivity contribution in [2.75, 3.05) is 38.2 Å². The van der Waals surface area contributed by atoms with Crippen molar-refractivity contribution < 1.29 is 9.13 Å². The molecule has 0 N–H and O–H groups in total. The Bertz CT molecular complexity index is 660. The number of aromatic nitrogens is 1. The lowest BCUT2D eigenvalue weighted by molar-refractivity contribution is -0.0362. The lowest BCUT2D eigenvalue weighted by Crippen LogP contribution is -2.48. The zero-order valence-electron chi connectivity index (χ0n) is 12.4. The van der Waals surface area contributed by atoms with Crippen LogP contribution in [-0.2, 0) is 4.74 Å². The first kappa shape index (κ1) is 14.1. The molecule has 1 aromatic carbocycles. The highest BCUT2D eigenvalue weighted by molar-refractivity contribution is 7.14. The molecule has 4 rings (SSSR count). The summed E-state index contributed by atoms with van der Waals surface area (Å²) < 4.78 is 18.9. The second-order valence-corrected chi connectivity index (χ2v) is 6.72. The molecule has 4 nitrogen and oxygen atoms in total. The van der Waals surface area contributed by atoms with Crippen molar-refractivity contribution in [3.05, 3.63) is 35.5 Å². The van der Waals surface area contributed by atoms with E-state index >= 15 is 0 Å². The van der Waals surface area contributed by atoms with E-state index in [1.54, 1.807) is 23.5 Å². The topological polar surface area (TPSA) is 28.6 Å². The highest BCUT2D eigenvalue weighted by Gasteiger charge is 2.39. The van der Waals surface area contributed by atoms with E-state index in [1.807, 2.05) is 5.38 Å². The molecule has 2 aliphatic rings. The molecule has 0 spiro atoms. The number of fused-ring (bicyclic) bond motifs is 1. The van der Waals surface area contributed by atoms with Crippen LogP contribution in [0.15, 0.2) is 29.6 Å². The minimum Gasteiger partial charge on any atom is -0.373 e. The zero-order valence-corrected chi connectivity index (χ0v) is 13.2. The standard InChI is InChI=1S/C16H18FN3OS/c1-19-6-7-21-15-9-20(8-14(15)19)16-18-13(10-22-16)11-2-4-12(17)5-3-11/h2-5,10,14-15H,6-9H2,1H3. The molecular weight excluding hydrogens is 301 g/mol. The van der Waals surface area contributed by atoms with E-state index in [0.29, 0.717) is 6.04 Å². The molecule has 3 heterocycles. The normalized spacial score (nSPS) is 25.5. The minimum atomic E-state index is -0.219. The van der Waals surface area contributed by atoms with Gasteiger partial charge in [-0.05, 0) is 31.3 Å². The largest absolute Gasteiger partial charge is 0.373 e. The average molecular weight is 319 g/mol. The van der Waals surface area contributed by atoms with Crippen LogP contribution in [0.4, 0.5) is 9.52 Å². The first-order valence-corrected chi connectivity index (χ1v) is 8.37. The SMILES string of the molecule is CN1CCOC2CN(c3nc(-c4ccc(F)cc4)cs3)CC21. The molecule has 0 bridgehead atoms. The number of ether oxygens (including phenoxy) is 1. The average Bonchev–Trinajstić information content (AvgIpc) is 3.15. The molecule has 0 radical (unpaired) electrons. The summed E-state index contributed by atoms with van der Waals surface area (Å²) in [4.78, 5) is 9.40. The summed E-state index contributed by atoms with van der Waals surface area (Å²) in [5, 5.41) is 3.06. The van der Waals surface area contributed by atoms with Crippen LogP contribution in [0.5, 0.6) is 0 Å². The summed E-state index contributed by atoms with van der Waals surface area (Å²) in [5.41, 5.74) is 1.86. The summed E-state index contributed by atoms with van der Waals surface area (Å²) in [6.45, 7) is 3.65. The van der Waals surface area contributed by atoms with Crippen LogP contribution >= 0.6 is 11.3 Å². The fraction of sp³-hybridized carbons (Fsp3) is 0.438. The van der Waals surface area contributed by atoms with E-state index in [4.69, 9.17) is 9.72 Å². The Morgan fingerprint density at radius 2 is 2.09 bits per heavy atom. The van der Waals surface area contributed by atoms with Crippen LogP contribution in [0.3, 0.4) is 0 Å². The highest BCUT2D eigenvalue weighted by Crippen LogP contribution is 2.32. The van der Waals surface area contributed by atoms with Gasteiger partial charge < -0.3 is 9.64 Å². The first-order valence-electron chi connectivity index (χ1n) is 7.49.